The van der Waals surface area contributed by atoms with E-state index in [1.807, 2.05) is 6.07 Å². The first-order chi connectivity index (χ1) is 12.4. The number of ether oxygens (including phenoxy) is 1. The van der Waals surface area contributed by atoms with Gasteiger partial charge in [-0.3, -0.25) is 4.79 Å². The lowest BCUT2D eigenvalue weighted by atomic mass is 10.0. The molecular weight excluding hydrogens is 334 g/mol. The number of carbonyl (C=O) groups excluding carboxylic acids is 1. The van der Waals surface area contributed by atoms with Gasteiger partial charge in [-0.2, -0.15) is 0 Å². The van der Waals surface area contributed by atoms with Gasteiger partial charge in [-0.1, -0.05) is 6.07 Å². The molecular formula is C19H23N3O4. The Morgan fingerprint density at radius 2 is 2.08 bits per heavy atom. The average Bonchev–Trinajstić information content (AvgIpc) is 3.27. The van der Waals surface area contributed by atoms with E-state index in [4.69, 9.17) is 9.15 Å². The lowest BCUT2D eigenvalue weighted by Gasteiger charge is -2.29. The smallest absolute Gasteiger partial charge is 0.255 e. The van der Waals surface area contributed by atoms with Crippen molar-refractivity contribution < 1.29 is 19.1 Å². The number of hydrogen-bond donors (Lipinski definition) is 1. The van der Waals surface area contributed by atoms with E-state index in [-0.39, 0.29) is 11.9 Å². The zero-order valence-corrected chi connectivity index (χ0v) is 15.0. The van der Waals surface area contributed by atoms with Crippen LogP contribution < -0.4 is 4.90 Å². The fourth-order valence-electron chi connectivity index (χ4n) is 3.66. The highest BCUT2D eigenvalue weighted by Gasteiger charge is 2.41. The third kappa shape index (κ3) is 2.97. The van der Waals surface area contributed by atoms with E-state index in [1.54, 1.807) is 11.1 Å². The number of hydrogen-bond acceptors (Lipinski definition) is 6. The van der Waals surface area contributed by atoms with Gasteiger partial charge in [0.1, 0.15) is 11.6 Å². The van der Waals surface area contributed by atoms with Crippen LogP contribution in [0.2, 0.25) is 0 Å². The van der Waals surface area contributed by atoms with Crippen molar-refractivity contribution in [2.45, 2.75) is 32.0 Å². The first-order valence-electron chi connectivity index (χ1n) is 8.82. The summed E-state index contributed by atoms with van der Waals surface area (Å²) in [5.41, 5.74) is 1.75. The molecule has 2 aromatic rings. The minimum atomic E-state index is -1.45. The third-order valence-corrected chi connectivity index (χ3v) is 4.95. The van der Waals surface area contributed by atoms with Gasteiger partial charge in [0, 0.05) is 25.3 Å². The number of benzene rings is 1. The molecule has 1 atom stereocenters. The molecule has 1 unspecified atom stereocenters. The highest BCUT2D eigenvalue weighted by atomic mass is 16.5. The monoisotopic (exact) mass is 357 g/mol. The largest absolute Gasteiger partial charge is 0.446 e. The Morgan fingerprint density at radius 1 is 1.31 bits per heavy atom. The summed E-state index contributed by atoms with van der Waals surface area (Å²) in [5, 5.41) is 10.2. The molecule has 0 aliphatic carbocycles. The molecule has 7 heteroatoms. The molecule has 2 aliphatic rings. The molecule has 1 amide bonds. The Labute approximate surface area is 152 Å². The molecule has 0 saturated carbocycles. The molecule has 1 aromatic heterocycles. The minimum absolute atomic E-state index is 0.331. The summed E-state index contributed by atoms with van der Waals surface area (Å²) in [6, 6.07) is 5.88. The lowest BCUT2D eigenvalue weighted by Crippen LogP contribution is -2.44. The number of morpholine rings is 1. The number of rotatable bonds is 3. The zero-order chi connectivity index (χ0) is 18.3. The molecule has 7 nitrogen and oxygen atoms in total. The molecule has 138 valence electrons. The molecule has 4 rings (SSSR count). The molecule has 1 fully saturated rings. The molecule has 0 radical (unpaired) electrons. The predicted molar refractivity (Wildman–Crippen MR) is 94.7 cm³/mol. The maximum atomic E-state index is 12.8. The molecule has 3 heterocycles. The van der Waals surface area contributed by atoms with E-state index in [1.165, 1.54) is 20.2 Å². The summed E-state index contributed by atoms with van der Waals surface area (Å²) in [6.45, 7) is 6.61. The fourth-order valence-corrected chi connectivity index (χ4v) is 3.66. The van der Waals surface area contributed by atoms with E-state index < -0.39 is 5.60 Å². The Morgan fingerprint density at radius 3 is 2.73 bits per heavy atom. The topological polar surface area (TPSA) is 79.0 Å². The van der Waals surface area contributed by atoms with Crippen LogP contribution in [0, 0.1) is 0 Å². The quantitative estimate of drug-likeness (QED) is 0.901. The van der Waals surface area contributed by atoms with Crippen molar-refractivity contribution in [3.8, 4) is 0 Å². The number of nitrogens with zero attached hydrogens (tertiary/aromatic N) is 3. The molecule has 1 N–H and O–H groups in total. The Kier molecular flexibility index (Phi) is 4.20. The van der Waals surface area contributed by atoms with Crippen LogP contribution in [0.1, 0.15) is 36.8 Å². The van der Waals surface area contributed by atoms with E-state index in [9.17, 15) is 9.90 Å². The Bertz CT molecular complexity index is 792. The van der Waals surface area contributed by atoms with Crippen LogP contribution in [0.15, 0.2) is 35.2 Å². The number of carbonyl (C=O) groups is 1. The van der Waals surface area contributed by atoms with Crippen molar-refractivity contribution in [1.29, 1.82) is 0 Å². The van der Waals surface area contributed by atoms with Crippen molar-refractivity contribution in [3.63, 3.8) is 0 Å². The standard InChI is InChI=1S/C19H23N3O4/c1-19(2,24)18(23)22-11-13-9-14(21-5-7-25-8-6-21)3-4-15(13)17(22)16-10-20-12-26-16/h3-4,9-10,12,17,24H,5-8,11H2,1-2H3. The molecule has 0 bridgehead atoms. The summed E-state index contributed by atoms with van der Waals surface area (Å²) in [5.74, 6) is 0.267. The van der Waals surface area contributed by atoms with Crippen LogP contribution in [0.5, 0.6) is 0 Å². The normalized spacial score (nSPS) is 20.3. The van der Waals surface area contributed by atoms with Crippen LogP contribution in [0.4, 0.5) is 5.69 Å². The van der Waals surface area contributed by atoms with Crippen molar-refractivity contribution in [3.05, 3.63) is 47.7 Å². The maximum absolute atomic E-state index is 12.8. The zero-order valence-electron chi connectivity index (χ0n) is 15.0. The van der Waals surface area contributed by atoms with Crippen LogP contribution in [-0.2, 0) is 16.1 Å². The van der Waals surface area contributed by atoms with Gasteiger partial charge in [-0.05, 0) is 37.1 Å². The van der Waals surface area contributed by atoms with Gasteiger partial charge >= 0.3 is 0 Å². The van der Waals surface area contributed by atoms with E-state index in [0.717, 1.165) is 43.1 Å². The second-order valence-electron chi connectivity index (χ2n) is 7.28. The summed E-state index contributed by atoms with van der Waals surface area (Å²) in [6.07, 6.45) is 2.99. The van der Waals surface area contributed by atoms with Crippen molar-refractivity contribution in [2.75, 3.05) is 31.2 Å². The van der Waals surface area contributed by atoms with E-state index in [0.29, 0.717) is 12.3 Å². The Balaban J connectivity index is 1.71. The van der Waals surface area contributed by atoms with Crippen molar-refractivity contribution in [1.82, 2.24) is 9.88 Å². The van der Waals surface area contributed by atoms with Crippen LogP contribution in [0.25, 0.3) is 0 Å². The highest BCUT2D eigenvalue weighted by molar-refractivity contribution is 5.85. The van der Waals surface area contributed by atoms with Crippen LogP contribution >= 0.6 is 0 Å². The second kappa shape index (κ2) is 6.41. The summed E-state index contributed by atoms with van der Waals surface area (Å²) in [7, 11) is 0. The molecule has 26 heavy (non-hydrogen) atoms. The number of amides is 1. The van der Waals surface area contributed by atoms with Crippen LogP contribution in [-0.4, -0.2) is 52.8 Å². The van der Waals surface area contributed by atoms with Crippen LogP contribution in [0.3, 0.4) is 0 Å². The molecule has 0 spiro atoms. The number of oxazole rings is 1. The maximum Gasteiger partial charge on any atom is 0.255 e. The first-order valence-corrected chi connectivity index (χ1v) is 8.82. The first kappa shape index (κ1) is 17.1. The molecule has 1 saturated heterocycles. The number of aromatic nitrogens is 1. The lowest BCUT2D eigenvalue weighted by molar-refractivity contribution is -0.150. The summed E-state index contributed by atoms with van der Waals surface area (Å²) >= 11 is 0. The van der Waals surface area contributed by atoms with Gasteiger partial charge < -0.3 is 24.1 Å². The molecule has 1 aromatic carbocycles. The Hall–Kier alpha value is -2.38. The summed E-state index contributed by atoms with van der Waals surface area (Å²) in [4.78, 5) is 20.8. The number of fused-ring (bicyclic) bond motifs is 1. The number of anilines is 1. The highest BCUT2D eigenvalue weighted by Crippen LogP contribution is 2.41. The van der Waals surface area contributed by atoms with Crippen molar-refractivity contribution in [2.24, 2.45) is 0 Å². The fraction of sp³-hybridized carbons (Fsp3) is 0.474. The van der Waals surface area contributed by atoms with Gasteiger partial charge in [-0.25, -0.2) is 4.98 Å². The van der Waals surface area contributed by atoms with E-state index in [2.05, 4.69) is 22.0 Å². The average molecular weight is 357 g/mol. The summed E-state index contributed by atoms with van der Waals surface area (Å²) < 4.78 is 10.9. The van der Waals surface area contributed by atoms with E-state index >= 15 is 0 Å². The van der Waals surface area contributed by atoms with Gasteiger partial charge in [-0.15, -0.1) is 0 Å². The third-order valence-electron chi connectivity index (χ3n) is 4.95. The SMILES string of the molecule is CC(C)(O)C(=O)N1Cc2cc(N3CCOCC3)ccc2C1c1cnco1. The van der Waals surface area contributed by atoms with Gasteiger partial charge in [0.2, 0.25) is 0 Å². The predicted octanol–water partition coefficient (Wildman–Crippen LogP) is 1.71. The minimum Gasteiger partial charge on any atom is -0.446 e. The van der Waals surface area contributed by atoms with Crippen molar-refractivity contribution >= 4 is 11.6 Å². The second-order valence-corrected chi connectivity index (χ2v) is 7.28. The number of aliphatic hydroxyl groups is 1. The van der Waals surface area contributed by atoms with Gasteiger partial charge in [0.25, 0.3) is 5.91 Å². The van der Waals surface area contributed by atoms with Gasteiger partial charge in [0.05, 0.1) is 19.4 Å². The van der Waals surface area contributed by atoms with Gasteiger partial charge in [0.15, 0.2) is 12.2 Å². The molecule has 2 aliphatic heterocycles.